The maximum Gasteiger partial charge on any atom is 0.326 e. The van der Waals surface area contributed by atoms with Gasteiger partial charge in [0.25, 0.3) is 5.91 Å². The minimum atomic E-state index is -1.07. The normalized spacial score (nSPS) is 13.5. The lowest BCUT2D eigenvalue weighted by atomic mass is 10.1. The molecule has 4 N–H and O–H groups in total. The molecule has 0 aliphatic carbocycles. The third-order valence-corrected chi connectivity index (χ3v) is 5.31. The summed E-state index contributed by atoms with van der Waals surface area (Å²) in [6.45, 7) is 3.24. The van der Waals surface area contributed by atoms with Gasteiger partial charge in [0, 0.05) is 12.1 Å². The molecular weight excluding hydrogens is 489 g/mol. The van der Waals surface area contributed by atoms with Crippen LogP contribution in [0, 0.1) is 5.82 Å². The number of urea groups is 1. The molecule has 2 aromatic heterocycles. The molecule has 0 unspecified atom stereocenters. The van der Waals surface area contributed by atoms with E-state index in [1.807, 2.05) is 0 Å². The maximum absolute atomic E-state index is 14.7. The van der Waals surface area contributed by atoms with Crippen LogP contribution in [0.2, 0.25) is 0 Å². The zero-order valence-electron chi connectivity index (χ0n) is 20.6. The molecule has 13 nitrogen and oxygen atoms in total. The number of ether oxygens (including phenoxy) is 4. The zero-order valence-corrected chi connectivity index (χ0v) is 20.6. The number of benzene rings is 1. The lowest BCUT2D eigenvalue weighted by molar-refractivity contribution is -0.129. The average molecular weight is 513 g/mol. The van der Waals surface area contributed by atoms with E-state index in [2.05, 4.69) is 25.6 Å². The summed E-state index contributed by atoms with van der Waals surface area (Å²) in [6.07, 6.45) is 0.865. The fraction of sp³-hybridized carbons (Fsp3) is 0.261. The van der Waals surface area contributed by atoms with E-state index in [1.165, 1.54) is 39.5 Å². The summed E-state index contributed by atoms with van der Waals surface area (Å²) in [5.74, 6) is -0.351. The Morgan fingerprint density at radius 3 is 2.41 bits per heavy atom. The standard InChI is InChI=1S/C23H24FN7O6/c1-23(2)20(32)29-19-13(37-23)6-7-16(28-19)27-18-12(24)10-26-22(30-18)31(21(25)33)11-8-14(34-3)17(36-5)15(9-11)35-4/h6-10H,1-5H3,(H2,25,33)(H2,26,27,28,29,30,32). The third kappa shape index (κ3) is 4.80. The second kappa shape index (κ2) is 9.64. The number of amides is 3. The van der Waals surface area contributed by atoms with Crippen molar-refractivity contribution in [3.05, 3.63) is 36.3 Å². The fourth-order valence-electron chi connectivity index (χ4n) is 3.48. The van der Waals surface area contributed by atoms with Crippen LogP contribution in [-0.4, -0.2) is 53.8 Å². The Bertz CT molecular complexity index is 1360. The van der Waals surface area contributed by atoms with Crippen LogP contribution in [0.25, 0.3) is 0 Å². The van der Waals surface area contributed by atoms with Crippen molar-refractivity contribution in [1.29, 1.82) is 0 Å². The van der Waals surface area contributed by atoms with Gasteiger partial charge in [-0.25, -0.2) is 24.1 Å². The third-order valence-electron chi connectivity index (χ3n) is 5.31. The van der Waals surface area contributed by atoms with E-state index in [1.54, 1.807) is 19.9 Å². The second-order valence-electron chi connectivity index (χ2n) is 8.16. The molecule has 0 spiro atoms. The fourth-order valence-corrected chi connectivity index (χ4v) is 3.48. The van der Waals surface area contributed by atoms with Crippen molar-refractivity contribution in [3.8, 4) is 23.0 Å². The van der Waals surface area contributed by atoms with Crippen molar-refractivity contribution in [2.75, 3.05) is 36.9 Å². The summed E-state index contributed by atoms with van der Waals surface area (Å²) in [5, 5.41) is 5.36. The lowest BCUT2D eigenvalue weighted by Crippen LogP contribution is -2.46. The Morgan fingerprint density at radius 2 is 1.81 bits per heavy atom. The van der Waals surface area contributed by atoms with Crippen LogP contribution in [0.15, 0.2) is 30.5 Å². The molecule has 0 saturated heterocycles. The first kappa shape index (κ1) is 25.2. The minimum Gasteiger partial charge on any atom is -0.493 e. The predicted octanol–water partition coefficient (Wildman–Crippen LogP) is 3.11. The SMILES string of the molecule is COc1cc(N(C(N)=O)c2ncc(F)c(Nc3ccc4c(n3)NC(=O)C(C)(C)O4)n2)cc(OC)c1OC. The number of carbonyl (C=O) groups is 2. The molecule has 37 heavy (non-hydrogen) atoms. The van der Waals surface area contributed by atoms with Crippen molar-refractivity contribution in [2.45, 2.75) is 19.4 Å². The number of nitrogens with two attached hydrogens (primary N) is 1. The summed E-state index contributed by atoms with van der Waals surface area (Å²) in [7, 11) is 4.25. The van der Waals surface area contributed by atoms with Gasteiger partial charge in [0.05, 0.1) is 33.2 Å². The number of anilines is 5. The number of fused-ring (bicyclic) bond motifs is 1. The topological polar surface area (TPSA) is 163 Å². The largest absolute Gasteiger partial charge is 0.493 e. The molecule has 0 radical (unpaired) electrons. The second-order valence-corrected chi connectivity index (χ2v) is 8.16. The molecular formula is C23H24FN7O6. The van der Waals surface area contributed by atoms with E-state index < -0.39 is 17.4 Å². The van der Waals surface area contributed by atoms with E-state index in [0.29, 0.717) is 11.5 Å². The van der Waals surface area contributed by atoms with Crippen molar-refractivity contribution in [3.63, 3.8) is 0 Å². The first-order valence-electron chi connectivity index (χ1n) is 10.8. The molecule has 1 aliphatic rings. The first-order chi connectivity index (χ1) is 17.6. The number of nitrogens with zero attached hydrogens (tertiary/aromatic N) is 4. The number of nitrogens with one attached hydrogen (secondary N) is 2. The van der Waals surface area contributed by atoms with Crippen molar-refractivity contribution in [2.24, 2.45) is 5.73 Å². The Balaban J connectivity index is 1.70. The molecule has 0 bridgehead atoms. The zero-order chi connectivity index (χ0) is 26.9. The van der Waals surface area contributed by atoms with E-state index in [4.69, 9.17) is 24.7 Å². The molecule has 14 heteroatoms. The van der Waals surface area contributed by atoms with Crippen LogP contribution in [0.4, 0.5) is 38.3 Å². The first-order valence-corrected chi connectivity index (χ1v) is 10.8. The number of primary amides is 1. The van der Waals surface area contributed by atoms with Crippen LogP contribution in [-0.2, 0) is 4.79 Å². The number of aromatic nitrogens is 3. The Kier molecular flexibility index (Phi) is 6.57. The van der Waals surface area contributed by atoms with Gasteiger partial charge in [-0.3, -0.25) is 4.79 Å². The van der Waals surface area contributed by atoms with Crippen LogP contribution in [0.1, 0.15) is 13.8 Å². The van der Waals surface area contributed by atoms with Gasteiger partial charge in [0.1, 0.15) is 5.82 Å². The highest BCUT2D eigenvalue weighted by Crippen LogP contribution is 2.42. The van der Waals surface area contributed by atoms with Gasteiger partial charge in [-0.15, -0.1) is 0 Å². The van der Waals surface area contributed by atoms with Gasteiger partial charge in [-0.05, 0) is 26.0 Å². The van der Waals surface area contributed by atoms with Gasteiger partial charge in [0.15, 0.2) is 40.3 Å². The summed E-state index contributed by atoms with van der Waals surface area (Å²) < 4.78 is 36.3. The minimum absolute atomic E-state index is 0.143. The Labute approximate surface area is 210 Å². The van der Waals surface area contributed by atoms with Crippen molar-refractivity contribution >= 4 is 41.0 Å². The number of rotatable bonds is 7. The molecule has 0 fully saturated rings. The molecule has 0 atom stereocenters. The molecule has 3 aromatic rings. The number of halogens is 1. The summed E-state index contributed by atoms with van der Waals surface area (Å²) in [6, 6.07) is 5.04. The molecule has 4 rings (SSSR count). The maximum atomic E-state index is 14.7. The molecule has 1 aromatic carbocycles. The summed E-state index contributed by atoms with van der Waals surface area (Å²) >= 11 is 0. The highest BCUT2D eigenvalue weighted by atomic mass is 19.1. The Morgan fingerprint density at radius 1 is 1.14 bits per heavy atom. The van der Waals surface area contributed by atoms with E-state index in [0.717, 1.165) is 11.1 Å². The van der Waals surface area contributed by atoms with Crippen LogP contribution < -0.4 is 40.2 Å². The van der Waals surface area contributed by atoms with E-state index >= 15 is 0 Å². The monoisotopic (exact) mass is 513 g/mol. The summed E-state index contributed by atoms with van der Waals surface area (Å²) in [4.78, 5) is 37.9. The van der Waals surface area contributed by atoms with Gasteiger partial charge < -0.3 is 35.3 Å². The van der Waals surface area contributed by atoms with Crippen LogP contribution in [0.5, 0.6) is 23.0 Å². The van der Waals surface area contributed by atoms with E-state index in [-0.39, 0.29) is 46.5 Å². The smallest absolute Gasteiger partial charge is 0.326 e. The van der Waals surface area contributed by atoms with Gasteiger partial charge in [0.2, 0.25) is 11.7 Å². The number of pyridine rings is 1. The average Bonchev–Trinajstić information content (AvgIpc) is 2.86. The van der Waals surface area contributed by atoms with Gasteiger partial charge >= 0.3 is 6.03 Å². The highest BCUT2D eigenvalue weighted by Gasteiger charge is 2.36. The van der Waals surface area contributed by atoms with Gasteiger partial charge in [-0.1, -0.05) is 0 Å². The van der Waals surface area contributed by atoms with Crippen LogP contribution in [0.3, 0.4) is 0 Å². The Hall–Kier alpha value is -4.88. The number of hydrogen-bond acceptors (Lipinski definition) is 10. The molecule has 1 aliphatic heterocycles. The number of carbonyl (C=O) groups excluding carboxylic acids is 2. The van der Waals surface area contributed by atoms with Crippen LogP contribution >= 0.6 is 0 Å². The molecule has 3 heterocycles. The molecule has 0 saturated carbocycles. The highest BCUT2D eigenvalue weighted by molar-refractivity contribution is 5.99. The molecule has 3 amide bonds. The van der Waals surface area contributed by atoms with E-state index in [9.17, 15) is 14.0 Å². The summed E-state index contributed by atoms with van der Waals surface area (Å²) in [5.41, 5.74) is 4.73. The molecule has 194 valence electrons. The predicted molar refractivity (Wildman–Crippen MR) is 131 cm³/mol. The lowest BCUT2D eigenvalue weighted by Gasteiger charge is -2.30. The number of methoxy groups -OCH3 is 3. The number of hydrogen-bond donors (Lipinski definition) is 3. The van der Waals surface area contributed by atoms with Crippen molar-refractivity contribution in [1.82, 2.24) is 15.0 Å². The quantitative estimate of drug-likeness (QED) is 0.428. The van der Waals surface area contributed by atoms with Crippen molar-refractivity contribution < 1.29 is 32.9 Å². The van der Waals surface area contributed by atoms with Gasteiger partial charge in [-0.2, -0.15) is 4.98 Å².